The molecule has 7 nitrogen and oxygen atoms in total. The molecule has 2 aromatic carbocycles. The lowest BCUT2D eigenvalue weighted by molar-refractivity contribution is 0.0256. The second-order valence-electron chi connectivity index (χ2n) is 10.7. The van der Waals surface area contributed by atoms with Crippen LogP contribution in [0.3, 0.4) is 0 Å². The van der Waals surface area contributed by atoms with E-state index in [1.165, 1.54) is 23.0 Å². The molecule has 4 aromatic rings. The predicted molar refractivity (Wildman–Crippen MR) is 156 cm³/mol. The number of rotatable bonds is 7. The monoisotopic (exact) mass is 545 g/mol. The normalized spacial score (nSPS) is 16.4. The van der Waals surface area contributed by atoms with Crippen LogP contribution in [0.5, 0.6) is 5.75 Å². The molecule has 0 unspecified atom stereocenters. The van der Waals surface area contributed by atoms with Crippen molar-refractivity contribution in [3.05, 3.63) is 53.5 Å². The van der Waals surface area contributed by atoms with Crippen molar-refractivity contribution in [2.24, 2.45) is 0 Å². The van der Waals surface area contributed by atoms with Crippen LogP contribution in [0, 0.1) is 6.92 Å². The quantitative estimate of drug-likeness (QED) is 0.255. The molecule has 1 saturated heterocycles. The molecule has 1 aliphatic carbocycles. The Morgan fingerprint density at radius 1 is 1.10 bits per heavy atom. The highest BCUT2D eigenvalue weighted by atomic mass is 32.1. The van der Waals surface area contributed by atoms with Crippen LogP contribution in [0.25, 0.3) is 32.7 Å². The van der Waals surface area contributed by atoms with Gasteiger partial charge in [-0.15, -0.1) is 11.3 Å². The van der Waals surface area contributed by atoms with Crippen molar-refractivity contribution in [2.75, 3.05) is 18.5 Å². The van der Waals surface area contributed by atoms with Gasteiger partial charge in [0, 0.05) is 52.7 Å². The lowest BCUT2D eigenvalue weighted by Gasteiger charge is -2.30. The first-order valence-electron chi connectivity index (χ1n) is 13.9. The van der Waals surface area contributed by atoms with Gasteiger partial charge in [0.2, 0.25) is 0 Å². The third-order valence-electron chi connectivity index (χ3n) is 7.47. The number of thiazole rings is 1. The van der Waals surface area contributed by atoms with Crippen LogP contribution < -0.4 is 10.1 Å². The minimum atomic E-state index is -0.447. The van der Waals surface area contributed by atoms with Crippen LogP contribution in [-0.2, 0) is 9.47 Å². The van der Waals surface area contributed by atoms with Crippen molar-refractivity contribution >= 4 is 34.0 Å². The number of ether oxygens (including phenoxy) is 3. The third kappa shape index (κ3) is 5.40. The van der Waals surface area contributed by atoms with E-state index in [-0.39, 0.29) is 12.2 Å². The largest absolute Gasteiger partial charge is 0.490 e. The number of amides is 1. The minimum absolute atomic E-state index is 0.174. The summed E-state index contributed by atoms with van der Waals surface area (Å²) in [6.07, 6.45) is 4.94. The second kappa shape index (κ2) is 11.0. The standard InChI is InChI=1S/C31H35N3O4S/c1-19(2)37-31(35)33-22-9-7-21(8-10-22)29-28(30-32-20(3)18-39-30)26-12-11-25(38-24-13-15-36-16-14-24)17-27(26)34(29)23-5-4-6-23/h7-12,17-19,23-24H,4-6,13-16H2,1-3H3,(H,33,35). The SMILES string of the molecule is Cc1csc(-c2c(-c3ccc(NC(=O)OC(C)C)cc3)n(C3CCC3)c3cc(OC4CCOCC4)ccc23)n1. The molecule has 204 valence electrons. The molecule has 0 bridgehead atoms. The molecule has 0 spiro atoms. The zero-order valence-electron chi connectivity index (χ0n) is 22.7. The van der Waals surface area contributed by atoms with Gasteiger partial charge in [0.25, 0.3) is 0 Å². The predicted octanol–water partition coefficient (Wildman–Crippen LogP) is 7.98. The van der Waals surface area contributed by atoms with Gasteiger partial charge in [0.1, 0.15) is 16.9 Å². The van der Waals surface area contributed by atoms with Crippen LogP contribution in [0.15, 0.2) is 47.8 Å². The molecular formula is C31H35N3O4S. The molecule has 0 radical (unpaired) electrons. The highest BCUT2D eigenvalue weighted by molar-refractivity contribution is 7.13. The van der Waals surface area contributed by atoms with Crippen molar-refractivity contribution in [2.45, 2.75) is 71.1 Å². The Hall–Kier alpha value is -3.36. The lowest BCUT2D eigenvalue weighted by Crippen LogP contribution is -2.25. The fraction of sp³-hybridized carbons (Fsp3) is 0.419. The lowest BCUT2D eigenvalue weighted by atomic mass is 9.92. The Kier molecular flexibility index (Phi) is 7.32. The first-order valence-corrected chi connectivity index (χ1v) is 14.8. The fourth-order valence-corrected chi connectivity index (χ4v) is 6.27. The zero-order valence-corrected chi connectivity index (χ0v) is 23.6. The average Bonchev–Trinajstić information content (AvgIpc) is 3.45. The number of hydrogen-bond donors (Lipinski definition) is 1. The molecule has 8 heteroatoms. The number of aryl methyl sites for hydroxylation is 1. The van der Waals surface area contributed by atoms with Crippen molar-refractivity contribution in [3.8, 4) is 27.6 Å². The van der Waals surface area contributed by atoms with Gasteiger partial charge in [-0.1, -0.05) is 12.1 Å². The first kappa shape index (κ1) is 25.9. The summed E-state index contributed by atoms with van der Waals surface area (Å²) in [5.74, 6) is 0.907. The van der Waals surface area contributed by atoms with Gasteiger partial charge >= 0.3 is 6.09 Å². The molecule has 1 amide bonds. The summed E-state index contributed by atoms with van der Waals surface area (Å²) >= 11 is 1.68. The number of carbonyl (C=O) groups excluding carboxylic acids is 1. The van der Waals surface area contributed by atoms with Gasteiger partial charge in [-0.05, 0) is 69.9 Å². The van der Waals surface area contributed by atoms with Gasteiger partial charge in [-0.3, -0.25) is 5.32 Å². The van der Waals surface area contributed by atoms with Gasteiger partial charge in [-0.25, -0.2) is 9.78 Å². The van der Waals surface area contributed by atoms with Crippen LogP contribution in [-0.4, -0.2) is 41.1 Å². The van der Waals surface area contributed by atoms with Crippen molar-refractivity contribution < 1.29 is 19.0 Å². The number of fused-ring (bicyclic) bond motifs is 1. The van der Waals surface area contributed by atoms with E-state index in [2.05, 4.69) is 45.6 Å². The molecule has 3 heterocycles. The average molecular weight is 546 g/mol. The maximum atomic E-state index is 12.1. The molecule has 6 rings (SSSR count). The molecule has 0 atom stereocenters. The molecule has 1 saturated carbocycles. The fourth-order valence-electron chi connectivity index (χ4n) is 5.42. The van der Waals surface area contributed by atoms with Gasteiger partial charge in [0.15, 0.2) is 0 Å². The number of anilines is 1. The minimum Gasteiger partial charge on any atom is -0.490 e. The van der Waals surface area contributed by atoms with Crippen LogP contribution >= 0.6 is 11.3 Å². The number of benzene rings is 2. The summed E-state index contributed by atoms with van der Waals surface area (Å²) < 4.78 is 19.7. The summed E-state index contributed by atoms with van der Waals surface area (Å²) in [5, 5.41) is 7.15. The second-order valence-corrected chi connectivity index (χ2v) is 11.6. The Bertz CT molecular complexity index is 1460. The maximum Gasteiger partial charge on any atom is 0.411 e. The summed E-state index contributed by atoms with van der Waals surface area (Å²) in [7, 11) is 0. The van der Waals surface area contributed by atoms with Crippen molar-refractivity contribution in [3.63, 3.8) is 0 Å². The van der Waals surface area contributed by atoms with Crippen LogP contribution in [0.4, 0.5) is 10.5 Å². The topological polar surface area (TPSA) is 74.6 Å². The zero-order chi connectivity index (χ0) is 26.9. The summed E-state index contributed by atoms with van der Waals surface area (Å²) in [6, 6.07) is 15.0. The number of nitrogens with one attached hydrogen (secondary N) is 1. The molecule has 2 aliphatic rings. The van der Waals surface area contributed by atoms with Gasteiger partial charge in [-0.2, -0.15) is 0 Å². The molecule has 1 aliphatic heterocycles. The first-order chi connectivity index (χ1) is 19.0. The van der Waals surface area contributed by atoms with Crippen molar-refractivity contribution in [1.82, 2.24) is 9.55 Å². The van der Waals surface area contributed by atoms with E-state index in [0.717, 1.165) is 66.5 Å². The van der Waals surface area contributed by atoms with Crippen LogP contribution in [0.1, 0.15) is 57.7 Å². The van der Waals surface area contributed by atoms with E-state index in [0.29, 0.717) is 11.7 Å². The number of carbonyl (C=O) groups is 1. The number of aromatic nitrogens is 2. The van der Waals surface area contributed by atoms with E-state index in [4.69, 9.17) is 19.2 Å². The molecule has 39 heavy (non-hydrogen) atoms. The molecule has 1 N–H and O–H groups in total. The maximum absolute atomic E-state index is 12.1. The smallest absolute Gasteiger partial charge is 0.411 e. The van der Waals surface area contributed by atoms with E-state index in [1.54, 1.807) is 11.3 Å². The highest BCUT2D eigenvalue weighted by Crippen LogP contribution is 2.48. The van der Waals surface area contributed by atoms with Crippen LogP contribution in [0.2, 0.25) is 0 Å². The summed E-state index contributed by atoms with van der Waals surface area (Å²) in [5.41, 5.74) is 6.33. The summed E-state index contributed by atoms with van der Waals surface area (Å²) in [4.78, 5) is 17.1. The van der Waals surface area contributed by atoms with Gasteiger partial charge < -0.3 is 18.8 Å². The molecule has 2 aromatic heterocycles. The Morgan fingerprint density at radius 3 is 2.51 bits per heavy atom. The van der Waals surface area contributed by atoms with Crippen molar-refractivity contribution in [1.29, 1.82) is 0 Å². The van der Waals surface area contributed by atoms with E-state index in [1.807, 2.05) is 32.9 Å². The number of hydrogen-bond acceptors (Lipinski definition) is 6. The van der Waals surface area contributed by atoms with E-state index in [9.17, 15) is 4.79 Å². The molecule has 2 fully saturated rings. The highest BCUT2D eigenvalue weighted by Gasteiger charge is 2.30. The molecular weight excluding hydrogens is 510 g/mol. The Morgan fingerprint density at radius 2 is 1.87 bits per heavy atom. The van der Waals surface area contributed by atoms with E-state index >= 15 is 0 Å². The Labute approximate surface area is 233 Å². The third-order valence-corrected chi connectivity index (χ3v) is 8.44. The van der Waals surface area contributed by atoms with Gasteiger partial charge in [0.05, 0.1) is 30.5 Å². The number of nitrogens with zero attached hydrogens (tertiary/aromatic N) is 2. The Balaban J connectivity index is 1.45. The summed E-state index contributed by atoms with van der Waals surface area (Å²) in [6.45, 7) is 7.22. The van der Waals surface area contributed by atoms with E-state index < -0.39 is 6.09 Å².